The van der Waals surface area contributed by atoms with E-state index in [0.717, 1.165) is 17.5 Å². The molecule has 0 aliphatic carbocycles. The predicted octanol–water partition coefficient (Wildman–Crippen LogP) is 4.48. The third-order valence-corrected chi connectivity index (χ3v) is 7.50. The molecule has 1 aliphatic rings. The number of aromatic nitrogens is 6. The maximum absolute atomic E-state index is 14.9. The Hall–Kier alpha value is -4.54. The molecule has 0 radical (unpaired) electrons. The minimum absolute atomic E-state index is 0.0102. The summed E-state index contributed by atoms with van der Waals surface area (Å²) in [6.45, 7) is 11.9. The Labute approximate surface area is 231 Å². The van der Waals surface area contributed by atoms with E-state index >= 15 is 0 Å². The van der Waals surface area contributed by atoms with Crippen LogP contribution in [0.15, 0.2) is 30.7 Å². The van der Waals surface area contributed by atoms with Crippen LogP contribution in [-0.4, -0.2) is 48.3 Å². The molecule has 4 aromatic rings. The van der Waals surface area contributed by atoms with Gasteiger partial charge in [0, 0.05) is 24.2 Å². The molecule has 10 nitrogen and oxygen atoms in total. The van der Waals surface area contributed by atoms with Crippen LogP contribution in [0.2, 0.25) is 0 Å². The number of hydrogen-bond donors (Lipinski definition) is 1. The van der Waals surface area contributed by atoms with Gasteiger partial charge in [0.1, 0.15) is 11.5 Å². The van der Waals surface area contributed by atoms with Gasteiger partial charge in [-0.2, -0.15) is 10.2 Å². The maximum atomic E-state index is 14.9. The van der Waals surface area contributed by atoms with E-state index in [2.05, 4.69) is 30.6 Å². The molecule has 40 heavy (non-hydrogen) atoms. The number of carbonyl (C=O) groups is 2. The fraction of sp³-hybridized carbons (Fsp3) is 0.345. The second-order valence-corrected chi connectivity index (χ2v) is 10.4. The van der Waals surface area contributed by atoms with E-state index in [9.17, 15) is 14.0 Å². The zero-order valence-electron chi connectivity index (χ0n) is 23.4. The summed E-state index contributed by atoms with van der Waals surface area (Å²) in [6, 6.07) is 3.52. The largest absolute Gasteiger partial charge is 0.318 e. The summed E-state index contributed by atoms with van der Waals surface area (Å²) in [6.07, 6.45) is 5.50. The lowest BCUT2D eigenvalue weighted by Crippen LogP contribution is -2.28. The van der Waals surface area contributed by atoms with E-state index in [-0.39, 0.29) is 23.3 Å². The summed E-state index contributed by atoms with van der Waals surface area (Å²) < 4.78 is 16.5. The van der Waals surface area contributed by atoms with E-state index in [4.69, 9.17) is 0 Å². The molecule has 1 fully saturated rings. The molecule has 0 unspecified atom stereocenters. The Balaban J connectivity index is 1.33. The fourth-order valence-corrected chi connectivity index (χ4v) is 4.82. The van der Waals surface area contributed by atoms with Crippen LogP contribution in [0.3, 0.4) is 0 Å². The molecule has 0 saturated carbocycles. The van der Waals surface area contributed by atoms with E-state index in [1.807, 2.05) is 26.8 Å². The summed E-state index contributed by atoms with van der Waals surface area (Å²) in [5.41, 5.74) is 5.36. The van der Waals surface area contributed by atoms with Gasteiger partial charge < -0.3 is 5.32 Å². The van der Waals surface area contributed by atoms with Crippen LogP contribution in [0.25, 0.3) is 11.3 Å². The number of aryl methyl sites for hydroxylation is 3. The monoisotopic (exact) mass is 542 g/mol. The predicted molar refractivity (Wildman–Crippen MR) is 149 cm³/mol. The van der Waals surface area contributed by atoms with Crippen LogP contribution < -0.4 is 10.2 Å². The lowest BCUT2D eigenvalue weighted by molar-refractivity contribution is -0.119. The number of carbonyl (C=O) groups excluding carboxylic acids is 2. The zero-order valence-corrected chi connectivity index (χ0v) is 23.4. The van der Waals surface area contributed by atoms with E-state index in [1.165, 1.54) is 12.4 Å². The Morgan fingerprint density at radius 1 is 1.07 bits per heavy atom. The molecular formula is C29H31FN8O2. The summed E-state index contributed by atoms with van der Waals surface area (Å²) >= 11 is 0. The highest BCUT2D eigenvalue weighted by atomic mass is 19.1. The van der Waals surface area contributed by atoms with Crippen LogP contribution in [0.4, 0.5) is 15.9 Å². The van der Waals surface area contributed by atoms with E-state index in [0.29, 0.717) is 58.4 Å². The Kier molecular flexibility index (Phi) is 7.14. The van der Waals surface area contributed by atoms with Crippen molar-refractivity contribution in [3.63, 3.8) is 0 Å². The molecule has 4 heterocycles. The van der Waals surface area contributed by atoms with Crippen LogP contribution >= 0.6 is 0 Å². The zero-order chi connectivity index (χ0) is 28.7. The first-order chi connectivity index (χ1) is 19.0. The van der Waals surface area contributed by atoms with Gasteiger partial charge in [-0.05, 0) is 63.3 Å². The van der Waals surface area contributed by atoms with Crippen LogP contribution in [0, 0.1) is 46.4 Å². The van der Waals surface area contributed by atoms with Gasteiger partial charge in [-0.15, -0.1) is 5.10 Å². The van der Waals surface area contributed by atoms with Gasteiger partial charge in [-0.3, -0.25) is 24.2 Å². The summed E-state index contributed by atoms with van der Waals surface area (Å²) in [5, 5.41) is 15.9. The fourth-order valence-electron chi connectivity index (χ4n) is 4.82. The highest BCUT2D eigenvalue weighted by molar-refractivity contribution is 6.03. The molecule has 1 aromatic carbocycles. The second-order valence-electron chi connectivity index (χ2n) is 10.4. The summed E-state index contributed by atoms with van der Waals surface area (Å²) in [4.78, 5) is 36.1. The lowest BCUT2D eigenvalue weighted by Gasteiger charge is -2.19. The number of benzene rings is 1. The molecule has 5 rings (SSSR count). The van der Waals surface area contributed by atoms with Crippen LogP contribution in [0.5, 0.6) is 0 Å². The number of hydrogen-bond acceptors (Lipinski definition) is 7. The van der Waals surface area contributed by atoms with Crippen molar-refractivity contribution in [3.05, 3.63) is 75.9 Å². The number of rotatable bonds is 6. The number of nitrogens with zero attached hydrogens (tertiary/aromatic N) is 7. The standard InChI is InChI=1S/C29H31FN8O2/c1-15-7-8-16(2)25(30)24(15)22-12-31-20(6)26(34-22)28(39)33-21-11-32-37(13-21)14-23-18(4)19(5)27(36-35-23)38-10-9-17(3)29(38)40/h7-8,11-13,17H,9-10,14H2,1-6H3,(H,33,39)/t17-/m1/s1. The third-order valence-electron chi connectivity index (χ3n) is 7.50. The highest BCUT2D eigenvalue weighted by Crippen LogP contribution is 2.29. The molecule has 3 aromatic heterocycles. The van der Waals surface area contributed by atoms with Crippen molar-refractivity contribution >= 4 is 23.3 Å². The number of nitrogens with one attached hydrogen (secondary N) is 1. The SMILES string of the molecule is Cc1ccc(C)c(-c2cnc(C)c(C(=O)Nc3cnn(Cc4nnc(N5CC[C@@H](C)C5=O)c(C)c4C)c3)n2)c1F. The van der Waals surface area contributed by atoms with Crippen molar-refractivity contribution in [1.29, 1.82) is 0 Å². The first-order valence-electron chi connectivity index (χ1n) is 13.1. The van der Waals surface area contributed by atoms with Gasteiger partial charge in [-0.25, -0.2) is 9.37 Å². The first kappa shape index (κ1) is 27.0. The van der Waals surface area contributed by atoms with E-state index in [1.54, 1.807) is 42.6 Å². The molecular weight excluding hydrogens is 511 g/mol. The Morgan fingerprint density at radius 2 is 1.82 bits per heavy atom. The Morgan fingerprint density at radius 3 is 2.55 bits per heavy atom. The van der Waals surface area contributed by atoms with Crippen LogP contribution in [-0.2, 0) is 11.3 Å². The number of anilines is 2. The first-order valence-corrected chi connectivity index (χ1v) is 13.1. The minimum atomic E-state index is -0.474. The van der Waals surface area contributed by atoms with E-state index < -0.39 is 5.91 Å². The van der Waals surface area contributed by atoms with Crippen molar-refractivity contribution in [2.45, 2.75) is 54.5 Å². The molecule has 1 saturated heterocycles. The van der Waals surface area contributed by atoms with Gasteiger partial charge in [0.15, 0.2) is 5.82 Å². The molecule has 1 atom stereocenters. The molecule has 1 aliphatic heterocycles. The van der Waals surface area contributed by atoms with Crippen molar-refractivity contribution < 1.29 is 14.0 Å². The normalized spacial score (nSPS) is 15.1. The quantitative estimate of drug-likeness (QED) is 0.381. The minimum Gasteiger partial charge on any atom is -0.318 e. The van der Waals surface area contributed by atoms with Gasteiger partial charge in [0.2, 0.25) is 5.91 Å². The van der Waals surface area contributed by atoms with Crippen molar-refractivity contribution in [3.8, 4) is 11.3 Å². The van der Waals surface area contributed by atoms with Crippen molar-refractivity contribution in [2.24, 2.45) is 5.92 Å². The summed E-state index contributed by atoms with van der Waals surface area (Å²) in [5.74, 6) is -0.194. The summed E-state index contributed by atoms with van der Waals surface area (Å²) in [7, 11) is 0. The topological polar surface area (TPSA) is 119 Å². The molecule has 2 amide bonds. The average molecular weight is 543 g/mol. The highest BCUT2D eigenvalue weighted by Gasteiger charge is 2.31. The van der Waals surface area contributed by atoms with Gasteiger partial charge >= 0.3 is 0 Å². The lowest BCUT2D eigenvalue weighted by atomic mass is 10.0. The second kappa shape index (κ2) is 10.6. The van der Waals surface area contributed by atoms with Crippen molar-refractivity contribution in [2.75, 3.05) is 16.8 Å². The van der Waals surface area contributed by atoms with Gasteiger partial charge in [0.05, 0.1) is 41.7 Å². The molecule has 11 heteroatoms. The Bertz CT molecular complexity index is 1650. The molecule has 0 spiro atoms. The number of amides is 2. The van der Waals surface area contributed by atoms with Gasteiger partial charge in [-0.1, -0.05) is 19.1 Å². The maximum Gasteiger partial charge on any atom is 0.276 e. The molecule has 1 N–H and O–H groups in total. The molecule has 0 bridgehead atoms. The average Bonchev–Trinajstić information content (AvgIpc) is 3.51. The molecule has 206 valence electrons. The van der Waals surface area contributed by atoms with Crippen molar-refractivity contribution in [1.82, 2.24) is 29.9 Å². The number of halogens is 1. The van der Waals surface area contributed by atoms with Gasteiger partial charge in [0.25, 0.3) is 5.91 Å². The third kappa shape index (κ3) is 4.94. The smallest absolute Gasteiger partial charge is 0.276 e. The van der Waals surface area contributed by atoms with Crippen LogP contribution in [0.1, 0.15) is 57.5 Å².